The van der Waals surface area contributed by atoms with Crippen LogP contribution in [0, 0.1) is 0 Å². The van der Waals surface area contributed by atoms with Crippen molar-refractivity contribution in [2.45, 2.75) is 9.79 Å². The molecule has 10 heteroatoms. The summed E-state index contributed by atoms with van der Waals surface area (Å²) in [6.07, 6.45) is 1.07. The van der Waals surface area contributed by atoms with Crippen LogP contribution >= 0.6 is 12.4 Å². The van der Waals surface area contributed by atoms with Gasteiger partial charge in [0.05, 0.1) is 16.4 Å². The van der Waals surface area contributed by atoms with Crippen LogP contribution in [0.1, 0.15) is 0 Å². The molecule has 0 heterocycles. The average Bonchev–Trinajstić information content (AvgIpc) is 2.42. The van der Waals surface area contributed by atoms with Gasteiger partial charge in [0, 0.05) is 33.0 Å². The Bertz CT molecular complexity index is 645. The molecule has 0 fully saturated rings. The zero-order valence-corrected chi connectivity index (χ0v) is 14.9. The van der Waals surface area contributed by atoms with Gasteiger partial charge in [0.2, 0.25) is 10.0 Å². The van der Waals surface area contributed by atoms with Gasteiger partial charge in [-0.3, -0.25) is 0 Å². The van der Waals surface area contributed by atoms with Crippen molar-refractivity contribution in [2.24, 2.45) is 0 Å². The van der Waals surface area contributed by atoms with Crippen LogP contribution < -0.4 is 10.0 Å². The molecular weight excluding hydrogens is 352 g/mol. The van der Waals surface area contributed by atoms with Gasteiger partial charge in [-0.1, -0.05) is 0 Å². The lowest BCUT2D eigenvalue weighted by atomic mass is 10.4. The molecule has 0 saturated carbocycles. The van der Waals surface area contributed by atoms with Crippen molar-refractivity contribution in [1.29, 1.82) is 0 Å². The molecule has 0 bridgehead atoms. The molecule has 7 nitrogen and oxygen atoms in total. The molecular formula is C12H21ClN2O5S2. The maximum absolute atomic E-state index is 12.0. The Morgan fingerprint density at radius 1 is 0.955 bits per heavy atom. The highest BCUT2D eigenvalue weighted by Crippen LogP contribution is 2.13. The Morgan fingerprint density at radius 3 is 2.00 bits per heavy atom. The Hall–Kier alpha value is -0.710. The predicted molar refractivity (Wildman–Crippen MR) is 86.7 cm³/mol. The molecule has 1 aromatic rings. The van der Waals surface area contributed by atoms with Crippen molar-refractivity contribution < 1.29 is 21.6 Å². The van der Waals surface area contributed by atoms with Gasteiger partial charge in [0.25, 0.3) is 0 Å². The van der Waals surface area contributed by atoms with E-state index in [4.69, 9.17) is 4.74 Å². The number of halogens is 1. The summed E-state index contributed by atoms with van der Waals surface area (Å²) in [5.41, 5.74) is 0. The second kappa shape index (κ2) is 9.43. The lowest BCUT2D eigenvalue weighted by Crippen LogP contribution is -2.33. The van der Waals surface area contributed by atoms with E-state index in [0.717, 1.165) is 6.26 Å². The van der Waals surface area contributed by atoms with E-state index >= 15 is 0 Å². The topological polar surface area (TPSA) is 102 Å². The van der Waals surface area contributed by atoms with Crippen LogP contribution in [0.15, 0.2) is 34.1 Å². The molecule has 22 heavy (non-hydrogen) atoms. The monoisotopic (exact) mass is 372 g/mol. The predicted octanol–water partition coefficient (Wildman–Crippen LogP) is 0.0262. The van der Waals surface area contributed by atoms with Gasteiger partial charge in [0.15, 0.2) is 9.84 Å². The highest BCUT2D eigenvalue weighted by molar-refractivity contribution is 7.90. The van der Waals surface area contributed by atoms with E-state index in [1.54, 1.807) is 7.11 Å². The molecule has 0 amide bonds. The van der Waals surface area contributed by atoms with Crippen LogP contribution in [0.2, 0.25) is 0 Å². The van der Waals surface area contributed by atoms with E-state index < -0.39 is 19.9 Å². The fraction of sp³-hybridized carbons (Fsp3) is 0.500. The summed E-state index contributed by atoms with van der Waals surface area (Å²) in [4.78, 5) is 0.120. The van der Waals surface area contributed by atoms with Crippen molar-refractivity contribution in [2.75, 3.05) is 39.6 Å². The van der Waals surface area contributed by atoms with Crippen LogP contribution in [0.4, 0.5) is 0 Å². The molecule has 0 radical (unpaired) electrons. The normalized spacial score (nSPS) is 11.9. The zero-order valence-electron chi connectivity index (χ0n) is 12.4. The van der Waals surface area contributed by atoms with Crippen LogP contribution in [0.3, 0.4) is 0 Å². The molecule has 0 saturated heterocycles. The maximum atomic E-state index is 12.0. The lowest BCUT2D eigenvalue weighted by molar-refractivity contribution is 0.199. The highest BCUT2D eigenvalue weighted by Gasteiger charge is 2.14. The lowest BCUT2D eigenvalue weighted by Gasteiger charge is -2.08. The molecule has 0 aliphatic heterocycles. The van der Waals surface area contributed by atoms with E-state index in [1.165, 1.54) is 24.3 Å². The summed E-state index contributed by atoms with van der Waals surface area (Å²) in [6, 6.07) is 5.11. The smallest absolute Gasteiger partial charge is 0.240 e. The summed E-state index contributed by atoms with van der Waals surface area (Å²) in [6.45, 7) is 1.91. The van der Waals surface area contributed by atoms with Gasteiger partial charge in [-0.2, -0.15) is 0 Å². The van der Waals surface area contributed by atoms with Crippen molar-refractivity contribution in [3.8, 4) is 0 Å². The third-order valence-corrected chi connectivity index (χ3v) is 5.24. The van der Waals surface area contributed by atoms with Gasteiger partial charge in [-0.15, -0.1) is 12.4 Å². The van der Waals surface area contributed by atoms with Crippen molar-refractivity contribution in [3.63, 3.8) is 0 Å². The van der Waals surface area contributed by atoms with Gasteiger partial charge in [0.1, 0.15) is 0 Å². The van der Waals surface area contributed by atoms with Crippen molar-refractivity contribution in [1.82, 2.24) is 10.0 Å². The van der Waals surface area contributed by atoms with Crippen molar-refractivity contribution >= 4 is 32.3 Å². The second-order valence-corrected chi connectivity index (χ2v) is 8.17. The zero-order chi connectivity index (χ0) is 15.9. The van der Waals surface area contributed by atoms with Crippen LogP contribution in [-0.4, -0.2) is 56.4 Å². The number of hydrogen-bond acceptors (Lipinski definition) is 6. The number of hydrogen-bond donors (Lipinski definition) is 2. The number of ether oxygens (including phenoxy) is 1. The van der Waals surface area contributed by atoms with Gasteiger partial charge in [-0.05, 0) is 24.3 Å². The third kappa shape index (κ3) is 7.03. The van der Waals surface area contributed by atoms with E-state index in [-0.39, 0.29) is 28.7 Å². The number of sulfonamides is 1. The van der Waals surface area contributed by atoms with Crippen LogP contribution in [0.25, 0.3) is 0 Å². The molecule has 0 aliphatic rings. The quantitative estimate of drug-likeness (QED) is 0.593. The SMILES string of the molecule is COCCNCCNS(=O)(=O)c1ccc(S(C)(=O)=O)cc1.Cl. The Morgan fingerprint density at radius 2 is 1.50 bits per heavy atom. The number of nitrogens with one attached hydrogen (secondary N) is 2. The second-order valence-electron chi connectivity index (χ2n) is 4.38. The number of methoxy groups -OCH3 is 1. The summed E-state index contributed by atoms with van der Waals surface area (Å²) in [5.74, 6) is 0. The summed E-state index contributed by atoms with van der Waals surface area (Å²) >= 11 is 0. The standard InChI is InChI=1S/C12H20N2O5S2.ClH/c1-19-10-9-13-7-8-14-21(17,18)12-5-3-11(4-6-12)20(2,15)16;/h3-6,13-14H,7-10H2,1-2H3;1H. The molecule has 128 valence electrons. The first kappa shape index (κ1) is 21.3. The van der Waals surface area contributed by atoms with Gasteiger partial charge >= 0.3 is 0 Å². The number of sulfone groups is 1. The van der Waals surface area contributed by atoms with E-state index in [1.807, 2.05) is 0 Å². The molecule has 1 rings (SSSR count). The fourth-order valence-corrected chi connectivity index (χ4v) is 3.18. The van der Waals surface area contributed by atoms with Crippen LogP contribution in [-0.2, 0) is 24.6 Å². The average molecular weight is 373 g/mol. The summed E-state index contributed by atoms with van der Waals surface area (Å²) in [7, 11) is -5.38. The Kier molecular flexibility index (Phi) is 9.13. The van der Waals surface area contributed by atoms with Gasteiger partial charge in [-0.25, -0.2) is 21.6 Å². The van der Waals surface area contributed by atoms with Gasteiger partial charge < -0.3 is 10.1 Å². The molecule has 0 aromatic heterocycles. The molecule has 2 N–H and O–H groups in total. The van der Waals surface area contributed by atoms with E-state index in [0.29, 0.717) is 19.7 Å². The summed E-state index contributed by atoms with van der Waals surface area (Å²) in [5, 5.41) is 3.01. The molecule has 0 unspecified atom stereocenters. The molecule has 0 aliphatic carbocycles. The minimum absolute atomic E-state index is 0. The number of benzene rings is 1. The first-order chi connectivity index (χ1) is 9.77. The maximum Gasteiger partial charge on any atom is 0.240 e. The Balaban J connectivity index is 0.00000441. The summed E-state index contributed by atoms with van der Waals surface area (Å²) < 4.78 is 53.8. The molecule has 1 aromatic carbocycles. The van der Waals surface area contributed by atoms with Crippen molar-refractivity contribution in [3.05, 3.63) is 24.3 Å². The minimum atomic E-state index is -3.63. The Labute approximate surface area is 137 Å². The van der Waals surface area contributed by atoms with E-state index in [9.17, 15) is 16.8 Å². The first-order valence-corrected chi connectivity index (χ1v) is 9.64. The molecule has 0 atom stereocenters. The fourth-order valence-electron chi connectivity index (χ4n) is 1.52. The number of rotatable bonds is 9. The largest absolute Gasteiger partial charge is 0.383 e. The van der Waals surface area contributed by atoms with Crippen LogP contribution in [0.5, 0.6) is 0 Å². The highest BCUT2D eigenvalue weighted by atomic mass is 35.5. The third-order valence-electron chi connectivity index (χ3n) is 2.64. The minimum Gasteiger partial charge on any atom is -0.383 e. The molecule has 0 spiro atoms. The first-order valence-electron chi connectivity index (χ1n) is 6.27. The van der Waals surface area contributed by atoms with E-state index in [2.05, 4.69) is 10.0 Å².